The number of ether oxygens (including phenoxy) is 1. The van der Waals surface area contributed by atoms with Gasteiger partial charge in [-0.15, -0.1) is 0 Å². The number of piperidine rings is 1. The van der Waals surface area contributed by atoms with Crippen LogP contribution < -0.4 is 0 Å². The molecule has 3 rings (SSSR count). The van der Waals surface area contributed by atoms with Crippen LogP contribution in [0.3, 0.4) is 0 Å². The van der Waals surface area contributed by atoms with Gasteiger partial charge < -0.3 is 9.84 Å². The fourth-order valence-corrected chi connectivity index (χ4v) is 4.99. The lowest BCUT2D eigenvalue weighted by atomic mass is 9.68. The molecule has 3 aliphatic rings. The molecule has 0 bridgehead atoms. The van der Waals surface area contributed by atoms with Gasteiger partial charge in [0.25, 0.3) is 0 Å². The van der Waals surface area contributed by atoms with E-state index in [0.717, 1.165) is 12.5 Å². The maximum atomic E-state index is 9.56. The van der Waals surface area contributed by atoms with Crippen LogP contribution in [0, 0.1) is 11.3 Å². The van der Waals surface area contributed by atoms with Gasteiger partial charge in [0.15, 0.2) is 0 Å². The Morgan fingerprint density at radius 3 is 2.52 bits per heavy atom. The number of hydrogen-bond acceptors (Lipinski definition) is 3. The minimum absolute atomic E-state index is 0.0989. The van der Waals surface area contributed by atoms with Crippen LogP contribution in [0.4, 0.5) is 0 Å². The largest absolute Gasteiger partial charge is 0.395 e. The smallest absolute Gasteiger partial charge is 0.0632 e. The quantitative estimate of drug-likeness (QED) is 0.868. The molecule has 1 atom stereocenters. The van der Waals surface area contributed by atoms with E-state index in [9.17, 15) is 5.11 Å². The molecule has 0 amide bonds. The van der Waals surface area contributed by atoms with E-state index >= 15 is 0 Å². The van der Waals surface area contributed by atoms with Crippen LogP contribution in [0.5, 0.6) is 0 Å². The van der Waals surface area contributed by atoms with E-state index in [1.807, 2.05) is 0 Å². The first-order valence-corrected chi connectivity index (χ1v) is 9.01. The van der Waals surface area contributed by atoms with Crippen LogP contribution in [0.1, 0.15) is 65.2 Å². The molecule has 1 N–H and O–H groups in total. The van der Waals surface area contributed by atoms with Gasteiger partial charge in [-0.1, -0.05) is 6.42 Å². The van der Waals surface area contributed by atoms with Crippen LogP contribution in [-0.4, -0.2) is 48.0 Å². The van der Waals surface area contributed by atoms with Crippen molar-refractivity contribution in [1.29, 1.82) is 0 Å². The molecule has 1 saturated carbocycles. The van der Waals surface area contributed by atoms with E-state index in [1.54, 1.807) is 0 Å². The van der Waals surface area contributed by atoms with Crippen molar-refractivity contribution < 1.29 is 9.84 Å². The van der Waals surface area contributed by atoms with Crippen LogP contribution in [-0.2, 0) is 4.74 Å². The Bertz CT molecular complexity index is 347. The highest BCUT2D eigenvalue weighted by Gasteiger charge is 2.46. The number of nitrogens with zero attached hydrogens (tertiary/aromatic N) is 1. The Labute approximate surface area is 130 Å². The molecule has 2 heterocycles. The molecule has 0 aromatic heterocycles. The SMILES string of the molecule is CC1(C)CC2(CCC(CN3CCCC[C@H]3CO)CC2)CO1. The number of aliphatic hydroxyl groups is 1. The molecule has 122 valence electrons. The normalized spacial score (nSPS) is 40.7. The van der Waals surface area contributed by atoms with E-state index in [2.05, 4.69) is 18.7 Å². The molecule has 3 nitrogen and oxygen atoms in total. The van der Waals surface area contributed by atoms with Gasteiger partial charge in [0.1, 0.15) is 0 Å². The van der Waals surface area contributed by atoms with Gasteiger partial charge in [0, 0.05) is 12.6 Å². The van der Waals surface area contributed by atoms with Crippen LogP contribution in [0.15, 0.2) is 0 Å². The van der Waals surface area contributed by atoms with Gasteiger partial charge in [-0.25, -0.2) is 0 Å². The predicted octanol–water partition coefficient (Wildman–Crippen LogP) is 3.21. The summed E-state index contributed by atoms with van der Waals surface area (Å²) in [4.78, 5) is 2.57. The van der Waals surface area contributed by atoms with Gasteiger partial charge in [-0.2, -0.15) is 0 Å². The zero-order valence-electron chi connectivity index (χ0n) is 13.9. The monoisotopic (exact) mass is 295 g/mol. The average Bonchev–Trinajstić information content (AvgIpc) is 2.78. The van der Waals surface area contributed by atoms with E-state index in [4.69, 9.17) is 4.74 Å². The fraction of sp³-hybridized carbons (Fsp3) is 1.00. The second-order valence-corrected chi connectivity index (χ2v) is 8.50. The van der Waals surface area contributed by atoms with E-state index < -0.39 is 0 Å². The maximum absolute atomic E-state index is 9.56. The summed E-state index contributed by atoms with van der Waals surface area (Å²) in [7, 11) is 0. The number of aliphatic hydroxyl groups excluding tert-OH is 1. The lowest BCUT2D eigenvalue weighted by Crippen LogP contribution is -2.45. The second kappa shape index (κ2) is 6.17. The summed E-state index contributed by atoms with van der Waals surface area (Å²) < 4.78 is 6.01. The van der Waals surface area contributed by atoms with Crippen LogP contribution in [0.2, 0.25) is 0 Å². The first-order valence-electron chi connectivity index (χ1n) is 9.01. The van der Waals surface area contributed by atoms with Crippen molar-refractivity contribution in [3.05, 3.63) is 0 Å². The summed E-state index contributed by atoms with van der Waals surface area (Å²) >= 11 is 0. The minimum atomic E-state index is 0.0989. The molecule has 1 aliphatic carbocycles. The fourth-order valence-electron chi connectivity index (χ4n) is 4.99. The van der Waals surface area contributed by atoms with Crippen molar-refractivity contribution in [2.75, 3.05) is 26.3 Å². The third kappa shape index (κ3) is 3.62. The Hall–Kier alpha value is -0.120. The predicted molar refractivity (Wildman–Crippen MR) is 85.3 cm³/mol. The molecule has 0 radical (unpaired) electrons. The number of rotatable bonds is 3. The van der Waals surface area contributed by atoms with Crippen molar-refractivity contribution in [3.63, 3.8) is 0 Å². The van der Waals surface area contributed by atoms with Gasteiger partial charge in [-0.3, -0.25) is 4.90 Å². The third-order valence-electron chi connectivity index (χ3n) is 6.19. The molecule has 2 saturated heterocycles. The summed E-state index contributed by atoms with van der Waals surface area (Å²) in [5.41, 5.74) is 0.583. The van der Waals surface area contributed by atoms with Crippen LogP contribution >= 0.6 is 0 Å². The highest BCUT2D eigenvalue weighted by atomic mass is 16.5. The lowest BCUT2D eigenvalue weighted by molar-refractivity contribution is 0.0237. The Morgan fingerprint density at radius 1 is 1.14 bits per heavy atom. The molecule has 2 aliphatic heterocycles. The standard InChI is InChI=1S/C18H33NO2/c1-17(2)13-18(14-21-17)8-6-15(7-9-18)11-19-10-4-3-5-16(19)12-20/h15-16,20H,3-14H2,1-2H3/t15?,16-,18?/m0/s1. The van der Waals surface area contributed by atoms with Crippen molar-refractivity contribution in [3.8, 4) is 0 Å². The van der Waals surface area contributed by atoms with Crippen LogP contribution in [0.25, 0.3) is 0 Å². The third-order valence-corrected chi connectivity index (χ3v) is 6.19. The number of likely N-dealkylation sites (tertiary alicyclic amines) is 1. The minimum Gasteiger partial charge on any atom is -0.395 e. The van der Waals surface area contributed by atoms with Crippen molar-refractivity contribution >= 4 is 0 Å². The first-order chi connectivity index (χ1) is 10.0. The molecule has 0 aromatic rings. The van der Waals surface area contributed by atoms with Crippen molar-refractivity contribution in [2.24, 2.45) is 11.3 Å². The summed E-state index contributed by atoms with van der Waals surface area (Å²) in [5, 5.41) is 9.56. The van der Waals surface area contributed by atoms with Gasteiger partial charge in [0.05, 0.1) is 18.8 Å². The Morgan fingerprint density at radius 2 is 1.90 bits per heavy atom. The first kappa shape index (κ1) is 15.8. The highest BCUT2D eigenvalue weighted by molar-refractivity contribution is 4.96. The molecule has 3 fully saturated rings. The highest BCUT2D eigenvalue weighted by Crippen LogP contribution is 2.50. The molecular weight excluding hydrogens is 262 g/mol. The molecular formula is C18H33NO2. The van der Waals surface area contributed by atoms with Gasteiger partial charge in [-0.05, 0) is 76.7 Å². The zero-order chi connectivity index (χ0) is 14.9. The van der Waals surface area contributed by atoms with E-state index in [0.29, 0.717) is 18.1 Å². The summed E-state index contributed by atoms with van der Waals surface area (Å²) in [6, 6.07) is 0.434. The maximum Gasteiger partial charge on any atom is 0.0632 e. The number of hydrogen-bond donors (Lipinski definition) is 1. The zero-order valence-corrected chi connectivity index (χ0v) is 13.9. The van der Waals surface area contributed by atoms with Crippen molar-refractivity contribution in [2.45, 2.75) is 76.9 Å². The lowest BCUT2D eigenvalue weighted by Gasteiger charge is -2.41. The summed E-state index contributed by atoms with van der Waals surface area (Å²) in [5.74, 6) is 0.839. The van der Waals surface area contributed by atoms with Gasteiger partial charge >= 0.3 is 0 Å². The molecule has 21 heavy (non-hydrogen) atoms. The van der Waals surface area contributed by atoms with Crippen molar-refractivity contribution in [1.82, 2.24) is 4.90 Å². The second-order valence-electron chi connectivity index (χ2n) is 8.50. The average molecular weight is 295 g/mol. The summed E-state index contributed by atoms with van der Waals surface area (Å²) in [6.45, 7) is 8.23. The summed E-state index contributed by atoms with van der Waals surface area (Å²) in [6.07, 6.45) is 10.4. The molecule has 0 aromatic carbocycles. The van der Waals surface area contributed by atoms with E-state index in [1.165, 1.54) is 64.5 Å². The molecule has 3 heteroatoms. The topological polar surface area (TPSA) is 32.7 Å². The Kier molecular flexibility index (Phi) is 4.63. The molecule has 1 spiro atoms. The van der Waals surface area contributed by atoms with Gasteiger partial charge in [0.2, 0.25) is 0 Å². The van der Waals surface area contributed by atoms with E-state index in [-0.39, 0.29) is 5.60 Å². The Balaban J connectivity index is 1.50. The molecule has 0 unspecified atom stereocenters.